The van der Waals surface area contributed by atoms with Gasteiger partial charge in [0.15, 0.2) is 0 Å². The molecule has 0 aliphatic carbocycles. The number of nitrogens with one attached hydrogen (secondary N) is 1. The Morgan fingerprint density at radius 3 is 2.83 bits per heavy atom. The normalized spacial score (nSPS) is 24.4. The van der Waals surface area contributed by atoms with E-state index in [2.05, 4.69) is 5.32 Å². The second kappa shape index (κ2) is 5.08. The first-order valence-corrected chi connectivity index (χ1v) is 6.29. The van der Waals surface area contributed by atoms with Gasteiger partial charge in [-0.05, 0) is 38.0 Å². The van der Waals surface area contributed by atoms with Gasteiger partial charge in [-0.3, -0.25) is 10.1 Å². The highest BCUT2D eigenvalue weighted by Gasteiger charge is 2.32. The van der Waals surface area contributed by atoms with Gasteiger partial charge in [-0.2, -0.15) is 0 Å². The smallest absolute Gasteiger partial charge is 0.246 e. The van der Waals surface area contributed by atoms with Crippen molar-refractivity contribution in [3.63, 3.8) is 0 Å². The van der Waals surface area contributed by atoms with Crippen LogP contribution in [0.2, 0.25) is 0 Å². The van der Waals surface area contributed by atoms with E-state index in [1.807, 2.05) is 39.0 Å². The van der Waals surface area contributed by atoms with Gasteiger partial charge in [0.05, 0.1) is 6.61 Å². The van der Waals surface area contributed by atoms with Crippen LogP contribution in [-0.4, -0.2) is 36.2 Å². The molecule has 0 aromatic heterocycles. The third-order valence-electron chi connectivity index (χ3n) is 3.56. The number of aryl methyl sites for hydroxylation is 1. The minimum atomic E-state index is -0.492. The molecule has 0 radical (unpaired) electrons. The monoisotopic (exact) mass is 248 g/mol. The van der Waals surface area contributed by atoms with Gasteiger partial charge in [-0.15, -0.1) is 0 Å². The number of hydrogen-bond acceptors (Lipinski definition) is 3. The van der Waals surface area contributed by atoms with Gasteiger partial charge in [0.2, 0.25) is 5.91 Å². The van der Waals surface area contributed by atoms with E-state index in [-0.39, 0.29) is 18.6 Å². The summed E-state index contributed by atoms with van der Waals surface area (Å²) in [5.74, 6) is -0.0516. The molecule has 4 nitrogen and oxygen atoms in total. The maximum absolute atomic E-state index is 12.3. The van der Waals surface area contributed by atoms with Crippen LogP contribution in [0.3, 0.4) is 0 Å². The Labute approximate surface area is 108 Å². The van der Waals surface area contributed by atoms with Crippen LogP contribution in [0.1, 0.15) is 18.1 Å². The molecular weight excluding hydrogens is 228 g/mol. The second-order valence-corrected chi connectivity index (χ2v) is 4.97. The second-order valence-electron chi connectivity index (χ2n) is 4.97. The van der Waals surface area contributed by atoms with E-state index in [0.29, 0.717) is 6.54 Å². The summed E-state index contributed by atoms with van der Waals surface area (Å²) in [6.07, 6.45) is 0. The zero-order valence-electron chi connectivity index (χ0n) is 11.1. The number of hydrogen-bond donors (Lipinski definition) is 2. The fourth-order valence-corrected chi connectivity index (χ4v) is 2.40. The van der Waals surface area contributed by atoms with Gasteiger partial charge >= 0.3 is 0 Å². The summed E-state index contributed by atoms with van der Waals surface area (Å²) in [4.78, 5) is 14.1. The molecule has 1 saturated heterocycles. The predicted molar refractivity (Wildman–Crippen MR) is 71.7 cm³/mol. The first kappa shape index (κ1) is 13.1. The first-order chi connectivity index (χ1) is 8.54. The van der Waals surface area contributed by atoms with Crippen molar-refractivity contribution >= 4 is 11.6 Å². The van der Waals surface area contributed by atoms with Gasteiger partial charge in [-0.25, -0.2) is 0 Å². The average Bonchev–Trinajstić information content (AvgIpc) is 2.35. The first-order valence-electron chi connectivity index (χ1n) is 6.29. The molecule has 0 spiro atoms. The van der Waals surface area contributed by atoms with Crippen LogP contribution in [0.15, 0.2) is 18.2 Å². The van der Waals surface area contributed by atoms with E-state index in [9.17, 15) is 9.90 Å². The largest absolute Gasteiger partial charge is 0.394 e. The lowest BCUT2D eigenvalue weighted by atomic mass is 10.0. The summed E-state index contributed by atoms with van der Waals surface area (Å²) in [6, 6.07) is 5.66. The molecule has 1 aromatic rings. The summed E-state index contributed by atoms with van der Waals surface area (Å²) in [5, 5.41) is 12.4. The van der Waals surface area contributed by atoms with E-state index in [1.165, 1.54) is 5.56 Å². The molecule has 1 amide bonds. The fraction of sp³-hybridized carbons (Fsp3) is 0.500. The third kappa shape index (κ3) is 2.26. The Morgan fingerprint density at radius 1 is 1.44 bits per heavy atom. The van der Waals surface area contributed by atoms with E-state index in [0.717, 1.165) is 11.3 Å². The molecule has 1 fully saturated rings. The van der Waals surface area contributed by atoms with Crippen molar-refractivity contribution in [2.75, 3.05) is 18.1 Å². The molecule has 1 aromatic carbocycles. The lowest BCUT2D eigenvalue weighted by Gasteiger charge is -2.37. The summed E-state index contributed by atoms with van der Waals surface area (Å²) in [5.41, 5.74) is 3.25. The predicted octanol–water partition coefficient (Wildman–Crippen LogP) is 0.989. The number of benzene rings is 1. The number of anilines is 1. The van der Waals surface area contributed by atoms with Crippen molar-refractivity contribution < 1.29 is 9.90 Å². The molecule has 2 unspecified atom stereocenters. The Kier molecular flexibility index (Phi) is 3.68. The highest BCUT2D eigenvalue weighted by Crippen LogP contribution is 2.25. The van der Waals surface area contributed by atoms with Crippen LogP contribution in [0.25, 0.3) is 0 Å². The number of amides is 1. The molecule has 98 valence electrons. The van der Waals surface area contributed by atoms with Crippen molar-refractivity contribution in [3.05, 3.63) is 29.3 Å². The molecule has 4 heteroatoms. The molecule has 0 saturated carbocycles. The summed E-state index contributed by atoms with van der Waals surface area (Å²) < 4.78 is 0. The molecule has 2 N–H and O–H groups in total. The van der Waals surface area contributed by atoms with E-state index in [4.69, 9.17) is 0 Å². The van der Waals surface area contributed by atoms with Gasteiger partial charge in [-0.1, -0.05) is 12.1 Å². The molecule has 1 heterocycles. The minimum Gasteiger partial charge on any atom is -0.394 e. The SMILES string of the molecule is Cc1cccc(N2CC(C)NC(CO)C2=O)c1C. The maximum Gasteiger partial charge on any atom is 0.246 e. The Morgan fingerprint density at radius 2 is 2.17 bits per heavy atom. The van der Waals surface area contributed by atoms with E-state index < -0.39 is 6.04 Å². The number of carbonyl (C=O) groups is 1. The highest BCUT2D eigenvalue weighted by molar-refractivity contribution is 5.99. The highest BCUT2D eigenvalue weighted by atomic mass is 16.3. The van der Waals surface area contributed by atoms with Gasteiger partial charge < -0.3 is 10.0 Å². The lowest BCUT2D eigenvalue weighted by molar-refractivity contribution is -0.123. The zero-order valence-corrected chi connectivity index (χ0v) is 11.1. The van der Waals surface area contributed by atoms with Crippen LogP contribution in [0.5, 0.6) is 0 Å². The van der Waals surface area contributed by atoms with Crippen molar-refractivity contribution in [1.82, 2.24) is 5.32 Å². The quantitative estimate of drug-likeness (QED) is 0.820. The maximum atomic E-state index is 12.3. The molecule has 0 bridgehead atoms. The summed E-state index contributed by atoms with van der Waals surface area (Å²) in [7, 11) is 0. The molecule has 2 atom stereocenters. The Hall–Kier alpha value is -1.39. The molecule has 1 aliphatic heterocycles. The Bertz CT molecular complexity index is 459. The number of aliphatic hydroxyl groups is 1. The van der Waals surface area contributed by atoms with Gasteiger partial charge in [0.25, 0.3) is 0 Å². The Balaban J connectivity index is 2.36. The number of nitrogens with zero attached hydrogens (tertiary/aromatic N) is 1. The third-order valence-corrected chi connectivity index (χ3v) is 3.56. The standard InChI is InChI=1S/C14H20N2O2/c1-9-5-4-6-13(11(9)3)16-7-10(2)15-12(8-17)14(16)18/h4-6,10,12,15,17H,7-8H2,1-3H3. The van der Waals surface area contributed by atoms with E-state index in [1.54, 1.807) is 4.90 Å². The van der Waals surface area contributed by atoms with Gasteiger partial charge in [0.1, 0.15) is 6.04 Å². The number of piperazine rings is 1. The topological polar surface area (TPSA) is 52.6 Å². The summed E-state index contributed by atoms with van der Waals surface area (Å²) >= 11 is 0. The zero-order chi connectivity index (χ0) is 13.3. The van der Waals surface area contributed by atoms with Crippen molar-refractivity contribution in [2.24, 2.45) is 0 Å². The molecule has 1 aliphatic rings. The van der Waals surface area contributed by atoms with Crippen LogP contribution < -0.4 is 10.2 Å². The average molecular weight is 248 g/mol. The van der Waals surface area contributed by atoms with Crippen molar-refractivity contribution in [2.45, 2.75) is 32.9 Å². The minimum absolute atomic E-state index is 0.0516. The van der Waals surface area contributed by atoms with Crippen LogP contribution in [0.4, 0.5) is 5.69 Å². The van der Waals surface area contributed by atoms with Crippen molar-refractivity contribution in [3.8, 4) is 0 Å². The number of aliphatic hydroxyl groups excluding tert-OH is 1. The lowest BCUT2D eigenvalue weighted by Crippen LogP contribution is -2.60. The van der Waals surface area contributed by atoms with Crippen LogP contribution in [0, 0.1) is 13.8 Å². The fourth-order valence-electron chi connectivity index (χ4n) is 2.40. The van der Waals surface area contributed by atoms with Crippen molar-refractivity contribution in [1.29, 1.82) is 0 Å². The van der Waals surface area contributed by atoms with Crippen LogP contribution >= 0.6 is 0 Å². The van der Waals surface area contributed by atoms with Crippen LogP contribution in [-0.2, 0) is 4.79 Å². The molecule has 18 heavy (non-hydrogen) atoms. The van der Waals surface area contributed by atoms with Gasteiger partial charge in [0, 0.05) is 18.3 Å². The van der Waals surface area contributed by atoms with E-state index >= 15 is 0 Å². The number of carbonyl (C=O) groups excluding carboxylic acids is 1. The summed E-state index contributed by atoms with van der Waals surface area (Å²) in [6.45, 7) is 6.56. The molecular formula is C14H20N2O2. The molecule has 2 rings (SSSR count). The number of rotatable bonds is 2.